The van der Waals surface area contributed by atoms with Crippen molar-refractivity contribution in [3.05, 3.63) is 18.2 Å². The molecule has 7 heteroatoms. The molecule has 1 aliphatic rings. The van der Waals surface area contributed by atoms with E-state index in [0.29, 0.717) is 24.0 Å². The monoisotopic (exact) mass is 370 g/mol. The molecule has 1 saturated heterocycles. The number of hydrogen-bond acceptors (Lipinski definition) is 5. The first-order chi connectivity index (χ1) is 11.9. The van der Waals surface area contributed by atoms with Crippen LogP contribution in [0.2, 0.25) is 0 Å². The summed E-state index contributed by atoms with van der Waals surface area (Å²) in [5, 5.41) is 0. The highest BCUT2D eigenvalue weighted by Gasteiger charge is 2.27. The molecule has 1 atom stereocenters. The SMILES string of the molecule is COc1ccc(OC)c(S(=O)(=O)NCC(C(C)C)N2CCCCC2)c1. The predicted octanol–water partition coefficient (Wildman–Crippen LogP) is 2.49. The quantitative estimate of drug-likeness (QED) is 0.761. The smallest absolute Gasteiger partial charge is 0.244 e. The van der Waals surface area contributed by atoms with Crippen LogP contribution >= 0.6 is 0 Å². The van der Waals surface area contributed by atoms with Crippen LogP contribution in [0, 0.1) is 5.92 Å². The van der Waals surface area contributed by atoms with Crippen LogP contribution in [0.5, 0.6) is 11.5 Å². The molecule has 1 unspecified atom stereocenters. The molecule has 0 saturated carbocycles. The van der Waals surface area contributed by atoms with Crippen LogP contribution in [0.15, 0.2) is 23.1 Å². The molecule has 0 radical (unpaired) electrons. The minimum Gasteiger partial charge on any atom is -0.497 e. The largest absolute Gasteiger partial charge is 0.497 e. The highest BCUT2D eigenvalue weighted by Crippen LogP contribution is 2.28. The van der Waals surface area contributed by atoms with Crippen molar-refractivity contribution in [3.63, 3.8) is 0 Å². The Morgan fingerprint density at radius 2 is 1.80 bits per heavy atom. The lowest BCUT2D eigenvalue weighted by Crippen LogP contribution is -2.48. The molecule has 0 aromatic heterocycles. The Morgan fingerprint density at radius 3 is 2.36 bits per heavy atom. The molecule has 0 amide bonds. The average Bonchev–Trinajstić information content (AvgIpc) is 2.61. The maximum absolute atomic E-state index is 12.8. The molecule has 2 rings (SSSR count). The van der Waals surface area contributed by atoms with Crippen molar-refractivity contribution < 1.29 is 17.9 Å². The predicted molar refractivity (Wildman–Crippen MR) is 98.8 cm³/mol. The summed E-state index contributed by atoms with van der Waals surface area (Å²) >= 11 is 0. The standard InChI is InChI=1S/C18H30N2O4S/c1-14(2)16(20-10-6-5-7-11-20)13-19-25(21,22)18-12-15(23-3)8-9-17(18)24-4/h8-9,12,14,16,19H,5-7,10-11,13H2,1-4H3. The van der Waals surface area contributed by atoms with Crippen molar-refractivity contribution in [2.75, 3.05) is 33.9 Å². The van der Waals surface area contributed by atoms with Crippen LogP contribution in [0.1, 0.15) is 33.1 Å². The first-order valence-corrected chi connectivity index (χ1v) is 10.3. The molecule has 1 aliphatic heterocycles. The number of nitrogens with zero attached hydrogens (tertiary/aromatic N) is 1. The molecule has 0 bridgehead atoms. The molecular formula is C18H30N2O4S. The molecule has 1 fully saturated rings. The van der Waals surface area contributed by atoms with E-state index >= 15 is 0 Å². The van der Waals surface area contributed by atoms with E-state index in [-0.39, 0.29) is 10.9 Å². The Kier molecular flexibility index (Phi) is 7.10. The lowest BCUT2D eigenvalue weighted by molar-refractivity contribution is 0.130. The molecule has 1 aromatic carbocycles. The van der Waals surface area contributed by atoms with Crippen LogP contribution in [0.3, 0.4) is 0 Å². The molecule has 6 nitrogen and oxygen atoms in total. The van der Waals surface area contributed by atoms with Gasteiger partial charge in [0.25, 0.3) is 0 Å². The Morgan fingerprint density at radius 1 is 1.12 bits per heavy atom. The summed E-state index contributed by atoms with van der Waals surface area (Å²) in [4.78, 5) is 2.51. The maximum Gasteiger partial charge on any atom is 0.244 e. The molecule has 25 heavy (non-hydrogen) atoms. The average molecular weight is 371 g/mol. The molecule has 1 N–H and O–H groups in total. The van der Waals surface area contributed by atoms with E-state index in [9.17, 15) is 8.42 Å². The fourth-order valence-corrected chi connectivity index (χ4v) is 4.54. The normalized spacial score (nSPS) is 17.5. The van der Waals surface area contributed by atoms with Crippen LogP contribution in [-0.2, 0) is 10.0 Å². The minimum atomic E-state index is -3.68. The van der Waals surface area contributed by atoms with Gasteiger partial charge in [-0.2, -0.15) is 0 Å². The number of likely N-dealkylation sites (tertiary alicyclic amines) is 1. The molecule has 0 spiro atoms. The lowest BCUT2D eigenvalue weighted by Gasteiger charge is -2.37. The number of sulfonamides is 1. The maximum atomic E-state index is 12.8. The van der Waals surface area contributed by atoms with Gasteiger partial charge in [-0.1, -0.05) is 20.3 Å². The van der Waals surface area contributed by atoms with E-state index in [0.717, 1.165) is 13.1 Å². The van der Waals surface area contributed by atoms with Crippen molar-refractivity contribution in [1.29, 1.82) is 0 Å². The zero-order valence-electron chi connectivity index (χ0n) is 15.6. The zero-order valence-corrected chi connectivity index (χ0v) is 16.4. The summed E-state index contributed by atoms with van der Waals surface area (Å²) in [6, 6.07) is 4.97. The van der Waals surface area contributed by atoms with Crippen molar-refractivity contribution in [1.82, 2.24) is 9.62 Å². The second kappa shape index (κ2) is 8.87. The second-order valence-corrected chi connectivity index (χ2v) is 8.51. The summed E-state index contributed by atoms with van der Waals surface area (Å²) in [6.07, 6.45) is 3.62. The highest BCUT2D eigenvalue weighted by molar-refractivity contribution is 7.89. The third-order valence-corrected chi connectivity index (χ3v) is 6.22. The van der Waals surface area contributed by atoms with Gasteiger partial charge in [0.05, 0.1) is 14.2 Å². The Labute approximate surface area is 151 Å². The number of methoxy groups -OCH3 is 2. The van der Waals surface area contributed by atoms with E-state index in [1.165, 1.54) is 39.5 Å². The Bertz CT molecular complexity index is 655. The van der Waals surface area contributed by atoms with Gasteiger partial charge in [-0.15, -0.1) is 0 Å². The van der Waals surface area contributed by atoms with Crippen LogP contribution in [0.4, 0.5) is 0 Å². The van der Waals surface area contributed by atoms with Gasteiger partial charge in [0.2, 0.25) is 10.0 Å². The summed E-state index contributed by atoms with van der Waals surface area (Å²) in [6.45, 7) is 6.74. The van der Waals surface area contributed by atoms with Crippen LogP contribution in [0.25, 0.3) is 0 Å². The van der Waals surface area contributed by atoms with Gasteiger partial charge in [0, 0.05) is 18.7 Å². The second-order valence-electron chi connectivity index (χ2n) is 6.78. The number of piperidine rings is 1. The highest BCUT2D eigenvalue weighted by atomic mass is 32.2. The summed E-state index contributed by atoms with van der Waals surface area (Å²) in [5.41, 5.74) is 0. The van der Waals surface area contributed by atoms with Gasteiger partial charge >= 0.3 is 0 Å². The number of hydrogen-bond donors (Lipinski definition) is 1. The van der Waals surface area contributed by atoms with Gasteiger partial charge in [-0.3, -0.25) is 4.90 Å². The summed E-state index contributed by atoms with van der Waals surface area (Å²) in [5.74, 6) is 1.16. The number of rotatable bonds is 8. The molecule has 142 valence electrons. The first-order valence-electron chi connectivity index (χ1n) is 8.84. The number of ether oxygens (including phenoxy) is 2. The van der Waals surface area contributed by atoms with Gasteiger partial charge in [0.15, 0.2) is 0 Å². The number of nitrogens with one attached hydrogen (secondary N) is 1. The zero-order chi connectivity index (χ0) is 18.4. The Balaban J connectivity index is 2.16. The Hall–Kier alpha value is -1.31. The van der Waals surface area contributed by atoms with E-state index in [4.69, 9.17) is 9.47 Å². The first kappa shape index (κ1) is 20.0. The van der Waals surface area contributed by atoms with E-state index in [1.807, 2.05) is 0 Å². The van der Waals surface area contributed by atoms with E-state index in [1.54, 1.807) is 12.1 Å². The van der Waals surface area contributed by atoms with Crippen molar-refractivity contribution in [3.8, 4) is 11.5 Å². The van der Waals surface area contributed by atoms with E-state index in [2.05, 4.69) is 23.5 Å². The lowest BCUT2D eigenvalue weighted by atomic mass is 9.99. The topological polar surface area (TPSA) is 67.9 Å². The minimum absolute atomic E-state index is 0.107. The van der Waals surface area contributed by atoms with Crippen molar-refractivity contribution in [2.45, 2.75) is 44.0 Å². The fourth-order valence-electron chi connectivity index (χ4n) is 3.30. The van der Waals surface area contributed by atoms with Crippen LogP contribution in [-0.4, -0.2) is 53.2 Å². The van der Waals surface area contributed by atoms with Crippen molar-refractivity contribution in [2.24, 2.45) is 5.92 Å². The molecule has 1 heterocycles. The van der Waals surface area contributed by atoms with Crippen LogP contribution < -0.4 is 14.2 Å². The van der Waals surface area contributed by atoms with Gasteiger partial charge < -0.3 is 9.47 Å². The van der Waals surface area contributed by atoms with Gasteiger partial charge in [0.1, 0.15) is 16.4 Å². The van der Waals surface area contributed by atoms with Gasteiger partial charge in [-0.05, 0) is 44.0 Å². The van der Waals surface area contributed by atoms with Crippen molar-refractivity contribution >= 4 is 10.0 Å². The third-order valence-electron chi connectivity index (χ3n) is 4.77. The molecular weight excluding hydrogens is 340 g/mol. The molecule has 0 aliphatic carbocycles. The summed E-state index contributed by atoms with van der Waals surface area (Å²) < 4.78 is 38.8. The van der Waals surface area contributed by atoms with Gasteiger partial charge in [-0.25, -0.2) is 13.1 Å². The third kappa shape index (κ3) is 5.09. The van der Waals surface area contributed by atoms with E-state index < -0.39 is 10.0 Å². The summed E-state index contributed by atoms with van der Waals surface area (Å²) in [7, 11) is -0.710. The number of benzene rings is 1. The molecule has 1 aromatic rings. The fraction of sp³-hybridized carbons (Fsp3) is 0.667.